The van der Waals surface area contributed by atoms with Gasteiger partial charge in [0, 0.05) is 12.5 Å². The van der Waals surface area contributed by atoms with Crippen molar-refractivity contribution in [3.05, 3.63) is 0 Å². The third-order valence-corrected chi connectivity index (χ3v) is 4.89. The molecule has 2 atom stereocenters. The Labute approximate surface area is 136 Å². The van der Waals surface area contributed by atoms with Gasteiger partial charge in [-0.3, -0.25) is 4.79 Å². The topological polar surface area (TPSA) is 29.5 Å². The largest absolute Gasteiger partial charge is 0.460 e. The maximum atomic E-state index is 11.6. The van der Waals surface area contributed by atoms with Crippen LogP contribution >= 0.6 is 0 Å². The molecule has 0 aromatic rings. The van der Waals surface area contributed by atoms with Crippen LogP contribution in [0.2, 0.25) is 0 Å². The van der Waals surface area contributed by atoms with Crippen LogP contribution in [0.15, 0.2) is 0 Å². The smallest absolute Gasteiger partial charge is 0.306 e. The van der Waals surface area contributed by atoms with E-state index < -0.39 is 0 Å². The zero-order valence-electron chi connectivity index (χ0n) is 14.9. The Bertz CT molecular complexity index is 348. The molecule has 1 aliphatic carbocycles. The maximum absolute atomic E-state index is 11.6. The fourth-order valence-corrected chi connectivity index (χ4v) is 3.62. The molecule has 2 fully saturated rings. The fraction of sp³-hybridized carbons (Fsp3) is 0.947. The van der Waals surface area contributed by atoms with Crippen LogP contribution in [0, 0.1) is 5.92 Å². The van der Waals surface area contributed by atoms with Crippen molar-refractivity contribution in [3.63, 3.8) is 0 Å². The SMILES string of the molecule is CC(C)(C)OC(=O)CCCCCCCCCN1CCC2CC21. The Morgan fingerprint density at radius 2 is 1.68 bits per heavy atom. The van der Waals surface area contributed by atoms with Gasteiger partial charge in [-0.05, 0) is 65.5 Å². The van der Waals surface area contributed by atoms with Crippen molar-refractivity contribution in [1.82, 2.24) is 4.90 Å². The molecule has 2 aliphatic rings. The minimum atomic E-state index is -0.340. The van der Waals surface area contributed by atoms with Crippen LogP contribution in [0.25, 0.3) is 0 Å². The summed E-state index contributed by atoms with van der Waals surface area (Å²) in [5.74, 6) is 1.03. The molecule has 0 spiro atoms. The van der Waals surface area contributed by atoms with Gasteiger partial charge in [-0.25, -0.2) is 0 Å². The molecule has 1 saturated heterocycles. The number of hydrogen-bond acceptors (Lipinski definition) is 3. The molecule has 2 unspecified atom stereocenters. The molecule has 0 bridgehead atoms. The van der Waals surface area contributed by atoms with E-state index in [1.807, 2.05) is 20.8 Å². The van der Waals surface area contributed by atoms with E-state index in [0.29, 0.717) is 6.42 Å². The van der Waals surface area contributed by atoms with E-state index in [1.165, 1.54) is 58.0 Å². The third-order valence-electron chi connectivity index (χ3n) is 4.89. The highest BCUT2D eigenvalue weighted by Crippen LogP contribution is 2.44. The Kier molecular flexibility index (Phi) is 6.73. The Morgan fingerprint density at radius 3 is 2.23 bits per heavy atom. The summed E-state index contributed by atoms with van der Waals surface area (Å²) in [6, 6.07) is 0.979. The predicted molar refractivity (Wildman–Crippen MR) is 90.9 cm³/mol. The minimum Gasteiger partial charge on any atom is -0.460 e. The predicted octanol–water partition coefficient (Wildman–Crippen LogP) is 4.54. The second-order valence-electron chi connectivity index (χ2n) is 8.20. The number of hydrogen-bond donors (Lipinski definition) is 0. The van der Waals surface area contributed by atoms with Gasteiger partial charge in [-0.2, -0.15) is 0 Å². The van der Waals surface area contributed by atoms with Gasteiger partial charge in [-0.15, -0.1) is 0 Å². The molecule has 0 aromatic carbocycles. The molecule has 0 N–H and O–H groups in total. The molecule has 0 radical (unpaired) electrons. The van der Waals surface area contributed by atoms with Crippen molar-refractivity contribution >= 4 is 5.97 Å². The standard InChI is InChI=1S/C19H35NO2/c1-19(2,3)22-18(21)11-9-7-5-4-6-8-10-13-20-14-12-16-15-17(16)20/h16-17H,4-15H2,1-3H3. The van der Waals surface area contributed by atoms with Gasteiger partial charge in [0.2, 0.25) is 0 Å². The number of carbonyl (C=O) groups excluding carboxylic acids is 1. The van der Waals surface area contributed by atoms with Gasteiger partial charge >= 0.3 is 5.97 Å². The van der Waals surface area contributed by atoms with Gasteiger partial charge in [0.15, 0.2) is 0 Å². The van der Waals surface area contributed by atoms with Gasteiger partial charge in [0.05, 0.1) is 0 Å². The van der Waals surface area contributed by atoms with Crippen molar-refractivity contribution < 1.29 is 9.53 Å². The van der Waals surface area contributed by atoms with E-state index in [2.05, 4.69) is 4.90 Å². The molecule has 0 amide bonds. The number of ether oxygens (including phenoxy) is 1. The molecule has 3 heteroatoms. The lowest BCUT2D eigenvalue weighted by Crippen LogP contribution is -2.24. The summed E-state index contributed by atoms with van der Waals surface area (Å²) < 4.78 is 5.31. The van der Waals surface area contributed by atoms with Crippen molar-refractivity contribution in [3.8, 4) is 0 Å². The summed E-state index contributed by atoms with van der Waals surface area (Å²) in [4.78, 5) is 14.3. The van der Waals surface area contributed by atoms with E-state index in [1.54, 1.807) is 0 Å². The van der Waals surface area contributed by atoms with Crippen molar-refractivity contribution in [2.75, 3.05) is 13.1 Å². The number of rotatable bonds is 10. The van der Waals surface area contributed by atoms with E-state index in [9.17, 15) is 4.79 Å². The molecule has 1 aliphatic heterocycles. The Hall–Kier alpha value is -0.570. The molecule has 22 heavy (non-hydrogen) atoms. The van der Waals surface area contributed by atoms with Crippen molar-refractivity contribution in [2.45, 2.75) is 96.6 Å². The first-order valence-corrected chi connectivity index (χ1v) is 9.41. The van der Waals surface area contributed by atoms with Crippen LogP contribution in [0.4, 0.5) is 0 Å². The summed E-state index contributed by atoms with van der Waals surface area (Å²) in [6.45, 7) is 8.48. The normalized spacial score (nSPS) is 24.3. The first kappa shape index (κ1) is 17.8. The number of likely N-dealkylation sites (tertiary alicyclic amines) is 1. The Balaban J connectivity index is 1.33. The number of nitrogens with zero attached hydrogens (tertiary/aromatic N) is 1. The molecule has 0 aromatic heterocycles. The highest BCUT2D eigenvalue weighted by Gasteiger charge is 2.45. The number of fused-ring (bicyclic) bond motifs is 1. The maximum Gasteiger partial charge on any atom is 0.306 e. The van der Waals surface area contributed by atoms with Crippen LogP contribution in [0.1, 0.15) is 85.0 Å². The van der Waals surface area contributed by atoms with E-state index in [-0.39, 0.29) is 11.6 Å². The van der Waals surface area contributed by atoms with Crippen LogP contribution in [-0.4, -0.2) is 35.6 Å². The lowest BCUT2D eigenvalue weighted by atomic mass is 10.1. The van der Waals surface area contributed by atoms with Gasteiger partial charge in [0.1, 0.15) is 5.60 Å². The summed E-state index contributed by atoms with van der Waals surface area (Å²) >= 11 is 0. The summed E-state index contributed by atoms with van der Waals surface area (Å²) in [6.07, 6.45) is 12.3. The molecule has 128 valence electrons. The summed E-state index contributed by atoms with van der Waals surface area (Å²) in [5.41, 5.74) is -0.340. The van der Waals surface area contributed by atoms with Crippen molar-refractivity contribution in [1.29, 1.82) is 0 Å². The first-order valence-electron chi connectivity index (χ1n) is 9.41. The molecular formula is C19H35NO2. The second kappa shape index (κ2) is 8.33. The van der Waals surface area contributed by atoms with Crippen molar-refractivity contribution in [2.24, 2.45) is 5.92 Å². The minimum absolute atomic E-state index is 0.0449. The van der Waals surface area contributed by atoms with Crippen LogP contribution < -0.4 is 0 Å². The van der Waals surface area contributed by atoms with Crippen LogP contribution in [0.3, 0.4) is 0 Å². The lowest BCUT2D eigenvalue weighted by Gasteiger charge is -2.19. The van der Waals surface area contributed by atoms with Crippen LogP contribution in [-0.2, 0) is 9.53 Å². The van der Waals surface area contributed by atoms with Gasteiger partial charge < -0.3 is 9.64 Å². The quantitative estimate of drug-likeness (QED) is 0.438. The average molecular weight is 309 g/mol. The number of unbranched alkanes of at least 4 members (excludes halogenated alkanes) is 6. The fourth-order valence-electron chi connectivity index (χ4n) is 3.62. The average Bonchev–Trinajstić information content (AvgIpc) is 3.09. The van der Waals surface area contributed by atoms with E-state index >= 15 is 0 Å². The lowest BCUT2D eigenvalue weighted by molar-refractivity contribution is -0.154. The number of esters is 1. The Morgan fingerprint density at radius 1 is 1.05 bits per heavy atom. The van der Waals surface area contributed by atoms with Crippen LogP contribution in [0.5, 0.6) is 0 Å². The highest BCUT2D eigenvalue weighted by molar-refractivity contribution is 5.69. The highest BCUT2D eigenvalue weighted by atomic mass is 16.6. The van der Waals surface area contributed by atoms with E-state index in [4.69, 9.17) is 4.74 Å². The number of carbonyl (C=O) groups is 1. The molecule has 3 nitrogen and oxygen atoms in total. The van der Waals surface area contributed by atoms with Gasteiger partial charge in [0.25, 0.3) is 0 Å². The van der Waals surface area contributed by atoms with E-state index in [0.717, 1.165) is 24.8 Å². The zero-order valence-corrected chi connectivity index (χ0v) is 14.9. The zero-order chi connectivity index (χ0) is 16.0. The van der Waals surface area contributed by atoms with Gasteiger partial charge in [-0.1, -0.05) is 32.1 Å². The molecule has 1 saturated carbocycles. The summed E-state index contributed by atoms with van der Waals surface area (Å²) in [5, 5.41) is 0. The first-order chi connectivity index (χ1) is 10.5. The third kappa shape index (κ3) is 6.68. The monoisotopic (exact) mass is 309 g/mol. The second-order valence-corrected chi connectivity index (χ2v) is 8.20. The number of piperidine rings is 1. The molecular weight excluding hydrogens is 274 g/mol. The molecule has 2 rings (SSSR count). The summed E-state index contributed by atoms with van der Waals surface area (Å²) in [7, 11) is 0. The molecule has 1 heterocycles.